The molecule has 0 aliphatic heterocycles. The van der Waals surface area contributed by atoms with E-state index in [9.17, 15) is 4.79 Å². The smallest absolute Gasteiger partial charge is 0.150 e. The summed E-state index contributed by atoms with van der Waals surface area (Å²) in [5.41, 5.74) is 4.05. The fourth-order valence-electron chi connectivity index (χ4n) is 1.84. The van der Waals surface area contributed by atoms with Crippen LogP contribution in [0.4, 0.5) is 0 Å². The van der Waals surface area contributed by atoms with Gasteiger partial charge in [-0.3, -0.25) is 4.79 Å². The molecule has 0 radical (unpaired) electrons. The van der Waals surface area contributed by atoms with E-state index in [0.29, 0.717) is 5.56 Å². The van der Waals surface area contributed by atoms with Crippen molar-refractivity contribution in [2.45, 2.75) is 26.2 Å². The van der Waals surface area contributed by atoms with Gasteiger partial charge in [-0.2, -0.15) is 0 Å². The highest BCUT2D eigenvalue weighted by molar-refractivity contribution is 5.74. The molecule has 100 valence electrons. The Balaban J connectivity index is 2.18. The zero-order valence-corrected chi connectivity index (χ0v) is 12.1. The Kier molecular flexibility index (Phi) is 4.05. The molecule has 0 aliphatic rings. The maximum Gasteiger partial charge on any atom is 0.150 e. The van der Waals surface area contributed by atoms with E-state index in [-0.39, 0.29) is 5.41 Å². The lowest BCUT2D eigenvalue weighted by Gasteiger charge is -2.18. The molecule has 0 N–H and O–H groups in total. The standard InChI is InChI=1S/C19H18O/c1-19(2,3)18-12-10-16(11-13-18)5-4-15-6-8-17(14-20)9-7-15/h6-14H,1-3H3. The van der Waals surface area contributed by atoms with Crippen molar-refractivity contribution in [3.63, 3.8) is 0 Å². The van der Waals surface area contributed by atoms with Crippen molar-refractivity contribution in [2.75, 3.05) is 0 Å². The topological polar surface area (TPSA) is 17.1 Å². The number of carbonyl (C=O) groups is 1. The number of rotatable bonds is 1. The van der Waals surface area contributed by atoms with Crippen LogP contribution in [-0.4, -0.2) is 6.29 Å². The second kappa shape index (κ2) is 5.75. The Bertz CT molecular complexity index is 644. The lowest BCUT2D eigenvalue weighted by molar-refractivity contribution is 0.112. The van der Waals surface area contributed by atoms with Crippen molar-refractivity contribution in [3.05, 3.63) is 70.8 Å². The van der Waals surface area contributed by atoms with E-state index in [2.05, 4.69) is 44.7 Å². The minimum absolute atomic E-state index is 0.163. The summed E-state index contributed by atoms with van der Waals surface area (Å²) in [6, 6.07) is 15.6. The fraction of sp³-hybridized carbons (Fsp3) is 0.211. The van der Waals surface area contributed by atoms with E-state index >= 15 is 0 Å². The molecule has 0 fully saturated rings. The van der Waals surface area contributed by atoms with Crippen LogP contribution in [0.15, 0.2) is 48.5 Å². The first-order chi connectivity index (χ1) is 9.49. The third-order valence-corrected chi connectivity index (χ3v) is 3.15. The predicted octanol–water partition coefficient (Wildman–Crippen LogP) is 4.20. The van der Waals surface area contributed by atoms with Crippen molar-refractivity contribution in [1.82, 2.24) is 0 Å². The highest BCUT2D eigenvalue weighted by Gasteiger charge is 2.12. The number of hydrogen-bond donors (Lipinski definition) is 0. The lowest BCUT2D eigenvalue weighted by atomic mass is 9.87. The summed E-state index contributed by atoms with van der Waals surface area (Å²) in [7, 11) is 0. The maximum absolute atomic E-state index is 10.6. The van der Waals surface area contributed by atoms with E-state index in [4.69, 9.17) is 0 Å². The Morgan fingerprint density at radius 3 is 1.65 bits per heavy atom. The molecule has 0 atom stereocenters. The normalized spacial score (nSPS) is 10.6. The molecule has 0 saturated heterocycles. The van der Waals surface area contributed by atoms with Crippen LogP contribution < -0.4 is 0 Å². The maximum atomic E-state index is 10.6. The Hall–Kier alpha value is -2.33. The van der Waals surface area contributed by atoms with E-state index in [0.717, 1.165) is 17.4 Å². The van der Waals surface area contributed by atoms with Crippen LogP contribution in [0.1, 0.15) is 47.8 Å². The van der Waals surface area contributed by atoms with E-state index in [1.165, 1.54) is 5.56 Å². The van der Waals surface area contributed by atoms with Crippen molar-refractivity contribution in [2.24, 2.45) is 0 Å². The summed E-state index contributed by atoms with van der Waals surface area (Å²) in [6.45, 7) is 6.59. The van der Waals surface area contributed by atoms with Gasteiger partial charge in [-0.25, -0.2) is 0 Å². The zero-order chi connectivity index (χ0) is 14.6. The molecule has 0 unspecified atom stereocenters. The van der Waals surface area contributed by atoms with Crippen molar-refractivity contribution in [3.8, 4) is 11.8 Å². The molecule has 0 spiro atoms. The van der Waals surface area contributed by atoms with Crippen LogP contribution in [0.5, 0.6) is 0 Å². The van der Waals surface area contributed by atoms with E-state index in [1.807, 2.05) is 24.3 Å². The molecule has 2 aromatic rings. The van der Waals surface area contributed by atoms with Crippen molar-refractivity contribution < 1.29 is 4.79 Å². The number of aldehydes is 1. The molecule has 1 heteroatoms. The molecule has 0 bridgehead atoms. The number of benzene rings is 2. The lowest BCUT2D eigenvalue weighted by Crippen LogP contribution is -2.10. The van der Waals surface area contributed by atoms with Gasteiger partial charge in [0.05, 0.1) is 0 Å². The summed E-state index contributed by atoms with van der Waals surface area (Å²) in [6.07, 6.45) is 0.836. The SMILES string of the molecule is CC(C)(C)c1ccc(C#Cc2ccc(C=O)cc2)cc1. The summed E-state index contributed by atoms with van der Waals surface area (Å²) >= 11 is 0. The third kappa shape index (κ3) is 3.59. The second-order valence-electron chi connectivity index (χ2n) is 5.82. The van der Waals surface area contributed by atoms with E-state index < -0.39 is 0 Å². The zero-order valence-electron chi connectivity index (χ0n) is 12.1. The molecular formula is C19H18O. The van der Waals surface area contributed by atoms with Crippen LogP contribution in [0, 0.1) is 11.8 Å². The molecule has 20 heavy (non-hydrogen) atoms. The first-order valence-corrected chi connectivity index (χ1v) is 6.67. The quantitative estimate of drug-likeness (QED) is 0.556. The molecule has 2 rings (SSSR count). The van der Waals surface area contributed by atoms with Gasteiger partial charge in [-0.05, 0) is 35.2 Å². The fourth-order valence-corrected chi connectivity index (χ4v) is 1.84. The van der Waals surface area contributed by atoms with Gasteiger partial charge >= 0.3 is 0 Å². The molecule has 0 amide bonds. The largest absolute Gasteiger partial charge is 0.298 e. The van der Waals surface area contributed by atoms with Crippen LogP contribution >= 0.6 is 0 Å². The minimum Gasteiger partial charge on any atom is -0.298 e. The highest BCUT2D eigenvalue weighted by Crippen LogP contribution is 2.21. The predicted molar refractivity (Wildman–Crippen MR) is 83.0 cm³/mol. The summed E-state index contributed by atoms with van der Waals surface area (Å²) in [4.78, 5) is 10.6. The van der Waals surface area contributed by atoms with Gasteiger partial charge in [-0.1, -0.05) is 56.9 Å². The van der Waals surface area contributed by atoms with Gasteiger partial charge in [-0.15, -0.1) is 0 Å². The van der Waals surface area contributed by atoms with Crippen molar-refractivity contribution in [1.29, 1.82) is 0 Å². The summed E-state index contributed by atoms with van der Waals surface area (Å²) in [5.74, 6) is 6.24. The molecule has 0 heterocycles. The molecular weight excluding hydrogens is 244 g/mol. The van der Waals surface area contributed by atoms with E-state index in [1.54, 1.807) is 12.1 Å². The Morgan fingerprint density at radius 2 is 1.25 bits per heavy atom. The molecule has 0 saturated carbocycles. The third-order valence-electron chi connectivity index (χ3n) is 3.15. The minimum atomic E-state index is 0.163. The van der Waals surface area contributed by atoms with Gasteiger partial charge in [0.1, 0.15) is 6.29 Å². The van der Waals surface area contributed by atoms with Crippen LogP contribution in [-0.2, 0) is 5.41 Å². The first-order valence-electron chi connectivity index (χ1n) is 6.67. The van der Waals surface area contributed by atoms with Gasteiger partial charge in [0.15, 0.2) is 0 Å². The number of hydrogen-bond acceptors (Lipinski definition) is 1. The van der Waals surface area contributed by atoms with Crippen LogP contribution in [0.25, 0.3) is 0 Å². The summed E-state index contributed by atoms with van der Waals surface area (Å²) < 4.78 is 0. The average Bonchev–Trinajstić information content (AvgIpc) is 2.45. The molecule has 1 nitrogen and oxygen atoms in total. The monoisotopic (exact) mass is 262 g/mol. The average molecular weight is 262 g/mol. The number of carbonyl (C=O) groups excluding carboxylic acids is 1. The van der Waals surface area contributed by atoms with Gasteiger partial charge < -0.3 is 0 Å². The van der Waals surface area contributed by atoms with Gasteiger partial charge in [0.2, 0.25) is 0 Å². The second-order valence-corrected chi connectivity index (χ2v) is 5.82. The van der Waals surface area contributed by atoms with Gasteiger partial charge in [0, 0.05) is 16.7 Å². The van der Waals surface area contributed by atoms with Crippen molar-refractivity contribution >= 4 is 6.29 Å². The molecule has 0 aliphatic carbocycles. The van der Waals surface area contributed by atoms with Crippen LogP contribution in [0.2, 0.25) is 0 Å². The Morgan fingerprint density at radius 1 is 0.800 bits per heavy atom. The first kappa shape index (κ1) is 14.1. The molecule has 0 aromatic heterocycles. The molecule has 2 aromatic carbocycles. The van der Waals surface area contributed by atoms with Crippen LogP contribution in [0.3, 0.4) is 0 Å². The van der Waals surface area contributed by atoms with Gasteiger partial charge in [0.25, 0.3) is 0 Å². The highest BCUT2D eigenvalue weighted by atomic mass is 16.1. The summed E-state index contributed by atoms with van der Waals surface area (Å²) in [5, 5.41) is 0. The Labute approximate surface area is 120 Å².